The molecule has 0 aliphatic heterocycles. The number of thiol groups is 1. The van der Waals surface area contributed by atoms with Crippen molar-refractivity contribution < 1.29 is 8.92 Å². The Morgan fingerprint density at radius 1 is 1.25 bits per heavy atom. The van der Waals surface area contributed by atoms with E-state index in [-0.39, 0.29) is 11.2 Å². The molecule has 16 heavy (non-hydrogen) atoms. The van der Waals surface area contributed by atoms with Crippen molar-refractivity contribution in [2.45, 2.75) is 57.2 Å². The van der Waals surface area contributed by atoms with Crippen LogP contribution in [0, 0.1) is 0 Å². The Labute approximate surface area is 106 Å². The van der Waals surface area contributed by atoms with Crippen molar-refractivity contribution in [1.82, 2.24) is 0 Å². The minimum atomic E-state index is -0.346. The number of hydrogen-bond donors (Lipinski definition) is 1. The fourth-order valence-corrected chi connectivity index (χ4v) is 4.60. The van der Waals surface area contributed by atoms with Crippen LogP contribution < -0.4 is 0 Å². The molecule has 0 N–H and O–H groups in total. The average Bonchev–Trinajstić information content (AvgIpc) is 3.11. The summed E-state index contributed by atoms with van der Waals surface area (Å²) < 4.78 is 12.1. The molecule has 2 nitrogen and oxygen atoms in total. The van der Waals surface area contributed by atoms with Gasteiger partial charge >= 0.3 is 0 Å². The van der Waals surface area contributed by atoms with Crippen LogP contribution in [0.4, 0.5) is 0 Å². The van der Waals surface area contributed by atoms with Gasteiger partial charge in [0.05, 0.1) is 12.2 Å². The highest BCUT2D eigenvalue weighted by atomic mass is 32.2. The second kappa shape index (κ2) is 6.53. The van der Waals surface area contributed by atoms with Crippen LogP contribution in [0.2, 0.25) is 0 Å². The van der Waals surface area contributed by atoms with Crippen LogP contribution in [0.1, 0.15) is 39.5 Å². The highest BCUT2D eigenvalue weighted by Gasteiger charge is 2.31. The quantitative estimate of drug-likeness (QED) is 0.509. The number of hydrogen-bond acceptors (Lipinski definition) is 3. The Morgan fingerprint density at radius 3 is 2.50 bits per heavy atom. The minimum Gasteiger partial charge on any atom is -0.364 e. The lowest BCUT2D eigenvalue weighted by atomic mass is 10.8. The molecule has 2 atom stereocenters. The van der Waals surface area contributed by atoms with Crippen molar-refractivity contribution in [3.8, 4) is 0 Å². The Bertz CT molecular complexity index is 205. The Balaban J connectivity index is 1.69. The first-order valence-electron chi connectivity index (χ1n) is 6.46. The third-order valence-electron chi connectivity index (χ3n) is 2.79. The molecule has 0 aromatic rings. The molecule has 2 aliphatic carbocycles. The molecule has 96 valence electrons. The van der Waals surface area contributed by atoms with Crippen molar-refractivity contribution in [2.24, 2.45) is 0 Å². The molecule has 2 aliphatic rings. The summed E-state index contributed by atoms with van der Waals surface area (Å²) in [6.45, 7) is 4.43. The summed E-state index contributed by atoms with van der Waals surface area (Å²) in [6.07, 6.45) is 6.21. The molecule has 0 saturated heterocycles. The fraction of sp³-hybridized carbons (Fsp3) is 1.00. The van der Waals surface area contributed by atoms with E-state index < -0.39 is 0 Å². The van der Waals surface area contributed by atoms with Gasteiger partial charge in [-0.2, -0.15) is 11.8 Å². The smallest absolute Gasteiger partial charge is 0.103 e. The molecule has 0 amide bonds. The van der Waals surface area contributed by atoms with Crippen molar-refractivity contribution in [2.75, 3.05) is 17.3 Å². The van der Waals surface area contributed by atoms with Gasteiger partial charge in [-0.15, -0.1) is 11.2 Å². The summed E-state index contributed by atoms with van der Waals surface area (Å²) >= 11 is 1.67. The molecule has 2 unspecified atom stereocenters. The number of thioether (sulfide) groups is 1. The molecular formula is C12H24O2S2. The molecule has 2 rings (SSSR count). The van der Waals surface area contributed by atoms with Crippen molar-refractivity contribution in [3.05, 3.63) is 0 Å². The third kappa shape index (κ3) is 4.86. The van der Waals surface area contributed by atoms with Gasteiger partial charge in [-0.05, 0) is 38.4 Å². The van der Waals surface area contributed by atoms with E-state index in [2.05, 4.69) is 13.8 Å². The first kappa shape index (κ1) is 13.1. The van der Waals surface area contributed by atoms with Crippen LogP contribution in [0.15, 0.2) is 0 Å². The van der Waals surface area contributed by atoms with Gasteiger partial charge in [-0.25, -0.2) is 0 Å². The summed E-state index contributed by atoms with van der Waals surface area (Å²) in [5.74, 6) is 3.65. The summed E-state index contributed by atoms with van der Waals surface area (Å²) in [7, 11) is 0. The van der Waals surface area contributed by atoms with E-state index in [9.17, 15) is 0 Å². The summed E-state index contributed by atoms with van der Waals surface area (Å²) in [4.78, 5) is 0. The predicted octanol–water partition coefficient (Wildman–Crippen LogP) is 3.36. The third-order valence-corrected chi connectivity index (χ3v) is 6.16. The van der Waals surface area contributed by atoms with Crippen LogP contribution in [0.3, 0.4) is 0 Å². The first-order chi connectivity index (χ1) is 7.79. The van der Waals surface area contributed by atoms with Gasteiger partial charge in [0, 0.05) is 11.5 Å². The largest absolute Gasteiger partial charge is 0.364 e. The van der Waals surface area contributed by atoms with Crippen molar-refractivity contribution in [1.29, 1.82) is 0 Å². The fourth-order valence-electron chi connectivity index (χ4n) is 1.53. The Kier molecular flexibility index (Phi) is 5.33. The summed E-state index contributed by atoms with van der Waals surface area (Å²) in [5, 5.41) is 0. The molecule has 0 radical (unpaired) electrons. The molecule has 0 heterocycles. The Hall–Kier alpha value is 0.620. The van der Waals surface area contributed by atoms with E-state index in [1.165, 1.54) is 42.9 Å². The van der Waals surface area contributed by atoms with Crippen molar-refractivity contribution >= 4 is 22.9 Å². The Morgan fingerprint density at radius 2 is 1.94 bits per heavy atom. The highest BCUT2D eigenvalue weighted by molar-refractivity contribution is 8.14. The van der Waals surface area contributed by atoms with E-state index in [1.54, 1.807) is 0 Å². The van der Waals surface area contributed by atoms with Crippen LogP contribution >= 0.6 is 22.9 Å². The zero-order chi connectivity index (χ0) is 11.4. The minimum absolute atomic E-state index is 0.346. The van der Waals surface area contributed by atoms with Gasteiger partial charge in [0.25, 0.3) is 0 Å². The lowest BCUT2D eigenvalue weighted by Crippen LogP contribution is -2.16. The lowest BCUT2D eigenvalue weighted by Gasteiger charge is -2.28. The average molecular weight is 264 g/mol. The maximum absolute atomic E-state index is 6.12. The number of rotatable bonds is 9. The highest BCUT2D eigenvalue weighted by Crippen LogP contribution is 2.43. The van der Waals surface area contributed by atoms with Gasteiger partial charge in [-0.1, -0.05) is 6.92 Å². The normalized spacial score (nSPS) is 25.5. The van der Waals surface area contributed by atoms with Crippen LogP contribution in [0.25, 0.3) is 0 Å². The van der Waals surface area contributed by atoms with Gasteiger partial charge < -0.3 is 8.92 Å². The summed E-state index contributed by atoms with van der Waals surface area (Å²) in [6, 6.07) is 0. The van der Waals surface area contributed by atoms with Gasteiger partial charge in [-0.3, -0.25) is 0 Å². The first-order valence-corrected chi connectivity index (χ1v) is 9.13. The SMILES string of the molecule is CCSCC[SH](OC1CC1)C(C)OC1CC1. The monoisotopic (exact) mass is 264 g/mol. The zero-order valence-corrected chi connectivity index (χ0v) is 12.1. The molecule has 2 fully saturated rings. The van der Waals surface area contributed by atoms with E-state index in [4.69, 9.17) is 8.92 Å². The number of ether oxygens (including phenoxy) is 1. The standard InChI is InChI=1S/C12H24O2S2/c1-3-15-8-9-16(14-12-6-7-12)10(2)13-11-4-5-11/h10-12,16H,3-9H2,1-2H3. The van der Waals surface area contributed by atoms with Crippen LogP contribution in [-0.2, 0) is 8.92 Å². The summed E-state index contributed by atoms with van der Waals surface area (Å²) in [5.41, 5.74) is 0.348. The second-order valence-corrected chi connectivity index (χ2v) is 8.19. The van der Waals surface area contributed by atoms with Gasteiger partial charge in [0.15, 0.2) is 0 Å². The predicted molar refractivity (Wildman–Crippen MR) is 74.5 cm³/mol. The van der Waals surface area contributed by atoms with Crippen LogP contribution in [-0.4, -0.2) is 34.9 Å². The lowest BCUT2D eigenvalue weighted by molar-refractivity contribution is 0.100. The van der Waals surface area contributed by atoms with E-state index in [1.807, 2.05) is 11.8 Å². The van der Waals surface area contributed by atoms with Gasteiger partial charge in [0.2, 0.25) is 0 Å². The van der Waals surface area contributed by atoms with E-state index >= 15 is 0 Å². The maximum atomic E-state index is 6.12. The van der Waals surface area contributed by atoms with Crippen molar-refractivity contribution in [3.63, 3.8) is 0 Å². The molecule has 4 heteroatoms. The molecule has 0 spiro atoms. The molecular weight excluding hydrogens is 240 g/mol. The zero-order valence-electron chi connectivity index (χ0n) is 10.4. The second-order valence-electron chi connectivity index (χ2n) is 4.58. The van der Waals surface area contributed by atoms with E-state index in [0.29, 0.717) is 17.6 Å². The molecule has 0 aromatic heterocycles. The topological polar surface area (TPSA) is 18.5 Å². The maximum Gasteiger partial charge on any atom is 0.103 e. The molecule has 2 saturated carbocycles. The molecule has 0 aromatic carbocycles. The van der Waals surface area contributed by atoms with Gasteiger partial charge in [0.1, 0.15) is 5.44 Å². The van der Waals surface area contributed by atoms with Crippen LogP contribution in [0.5, 0.6) is 0 Å². The molecule has 0 bridgehead atoms. The van der Waals surface area contributed by atoms with E-state index in [0.717, 1.165) is 0 Å².